The molecular weight excluding hydrogens is 307 g/mol. The number of hydrogen-bond acceptors (Lipinski definition) is 4. The third kappa shape index (κ3) is 2.46. The number of alkyl halides is 3. The van der Waals surface area contributed by atoms with Crippen LogP contribution in [0.15, 0.2) is 24.3 Å². The molecule has 1 aromatic carbocycles. The summed E-state index contributed by atoms with van der Waals surface area (Å²) in [5.74, 6) is -1.05. The summed E-state index contributed by atoms with van der Waals surface area (Å²) in [6.07, 6.45) is -5.10. The first kappa shape index (κ1) is 13.9. The lowest BCUT2D eigenvalue weighted by atomic mass is 10.1. The van der Waals surface area contributed by atoms with Crippen LogP contribution in [-0.4, -0.2) is 16.1 Å². The molecule has 110 valence electrons. The first-order valence-electron chi connectivity index (χ1n) is 5.92. The largest absolute Gasteiger partial charge is 0.483 e. The van der Waals surface area contributed by atoms with Gasteiger partial charge in [-0.2, -0.15) is 13.2 Å². The first-order valence-corrected chi connectivity index (χ1v) is 6.73. The molecule has 1 aliphatic rings. The number of carbonyl (C=O) groups is 1. The van der Waals surface area contributed by atoms with Crippen molar-refractivity contribution in [2.75, 3.05) is 0 Å². The highest BCUT2D eigenvalue weighted by molar-refractivity contribution is 7.13. The lowest BCUT2D eigenvalue weighted by Crippen LogP contribution is -2.12. The quantitative estimate of drug-likeness (QED) is 0.921. The Morgan fingerprint density at radius 1 is 1.38 bits per heavy atom. The summed E-state index contributed by atoms with van der Waals surface area (Å²) in [7, 11) is 0. The Hall–Kier alpha value is -2.09. The van der Waals surface area contributed by atoms with E-state index in [9.17, 15) is 18.0 Å². The number of aromatic carboxylic acids is 1. The fourth-order valence-electron chi connectivity index (χ4n) is 2.13. The van der Waals surface area contributed by atoms with Gasteiger partial charge in [0.1, 0.15) is 15.6 Å². The third-order valence-corrected chi connectivity index (χ3v) is 4.16. The van der Waals surface area contributed by atoms with E-state index in [1.54, 1.807) is 18.2 Å². The molecule has 2 aromatic rings. The van der Waals surface area contributed by atoms with Crippen molar-refractivity contribution >= 4 is 17.3 Å². The molecule has 8 heteroatoms. The van der Waals surface area contributed by atoms with Crippen LogP contribution in [0.5, 0.6) is 5.75 Å². The van der Waals surface area contributed by atoms with Crippen LogP contribution in [0.3, 0.4) is 0 Å². The summed E-state index contributed by atoms with van der Waals surface area (Å²) in [6.45, 7) is 0. The van der Waals surface area contributed by atoms with Gasteiger partial charge in [0.05, 0.1) is 0 Å². The number of para-hydroxylation sites is 1. The van der Waals surface area contributed by atoms with Gasteiger partial charge in [-0.05, 0) is 11.6 Å². The fourth-order valence-corrected chi connectivity index (χ4v) is 3.09. The topological polar surface area (TPSA) is 59.4 Å². The highest BCUT2D eigenvalue weighted by Crippen LogP contribution is 2.41. The van der Waals surface area contributed by atoms with Gasteiger partial charge in [-0.1, -0.05) is 18.2 Å². The van der Waals surface area contributed by atoms with Crippen molar-refractivity contribution in [1.82, 2.24) is 4.98 Å². The van der Waals surface area contributed by atoms with Crippen molar-refractivity contribution in [3.63, 3.8) is 0 Å². The molecule has 2 heterocycles. The van der Waals surface area contributed by atoms with Gasteiger partial charge in [0.15, 0.2) is 11.8 Å². The Balaban J connectivity index is 1.97. The van der Waals surface area contributed by atoms with Gasteiger partial charge in [-0.3, -0.25) is 0 Å². The highest BCUT2D eigenvalue weighted by Gasteiger charge is 2.41. The van der Waals surface area contributed by atoms with Gasteiger partial charge >= 0.3 is 12.1 Å². The molecule has 3 rings (SSSR count). The number of nitrogens with zero attached hydrogens (tertiary/aromatic N) is 1. The van der Waals surface area contributed by atoms with Crippen molar-refractivity contribution in [1.29, 1.82) is 0 Å². The van der Waals surface area contributed by atoms with E-state index in [-0.39, 0.29) is 5.01 Å². The maximum Gasteiger partial charge on any atom is 0.435 e. The molecule has 0 saturated heterocycles. The maximum atomic E-state index is 12.8. The van der Waals surface area contributed by atoms with Crippen molar-refractivity contribution < 1.29 is 27.8 Å². The molecule has 0 bridgehead atoms. The van der Waals surface area contributed by atoms with Crippen LogP contribution in [0.2, 0.25) is 0 Å². The number of halogens is 3. The molecule has 1 aliphatic heterocycles. The minimum absolute atomic E-state index is 0.0240. The van der Waals surface area contributed by atoms with E-state index in [4.69, 9.17) is 9.84 Å². The third-order valence-electron chi connectivity index (χ3n) is 3.03. The summed E-state index contributed by atoms with van der Waals surface area (Å²) < 4.78 is 44.0. The molecule has 1 atom stereocenters. The van der Waals surface area contributed by atoms with Gasteiger partial charge in [-0.25, -0.2) is 9.78 Å². The van der Waals surface area contributed by atoms with Crippen molar-refractivity contribution in [2.24, 2.45) is 0 Å². The molecule has 0 spiro atoms. The minimum Gasteiger partial charge on any atom is -0.483 e. The number of hydrogen-bond donors (Lipinski definition) is 1. The zero-order valence-electron chi connectivity index (χ0n) is 10.3. The summed E-state index contributed by atoms with van der Waals surface area (Å²) >= 11 is 0.507. The van der Waals surface area contributed by atoms with Crippen LogP contribution in [0.25, 0.3) is 0 Å². The highest BCUT2D eigenvalue weighted by atomic mass is 32.1. The Kier molecular flexibility index (Phi) is 3.12. The fraction of sp³-hybridized carbons (Fsp3) is 0.231. The van der Waals surface area contributed by atoms with Gasteiger partial charge in [-0.15, -0.1) is 11.3 Å². The Morgan fingerprint density at radius 3 is 2.67 bits per heavy atom. The first-order chi connectivity index (χ1) is 9.86. The average Bonchev–Trinajstić information content (AvgIpc) is 3.02. The number of fused-ring (bicyclic) bond motifs is 1. The number of carboxylic acids is 1. The van der Waals surface area contributed by atoms with Gasteiger partial charge < -0.3 is 9.84 Å². The molecule has 0 aliphatic carbocycles. The number of carboxylic acid groups (broad SMARTS) is 1. The van der Waals surface area contributed by atoms with E-state index in [1.807, 2.05) is 6.07 Å². The second-order valence-electron chi connectivity index (χ2n) is 4.45. The van der Waals surface area contributed by atoms with Crippen LogP contribution in [-0.2, 0) is 12.6 Å². The second kappa shape index (κ2) is 4.73. The molecule has 0 radical (unpaired) electrons. The summed E-state index contributed by atoms with van der Waals surface area (Å²) in [4.78, 5) is 13.6. The lowest BCUT2D eigenvalue weighted by Gasteiger charge is -2.06. The maximum absolute atomic E-state index is 12.8. The molecule has 21 heavy (non-hydrogen) atoms. The van der Waals surface area contributed by atoms with Gasteiger partial charge in [0.25, 0.3) is 0 Å². The number of aromatic nitrogens is 1. The summed E-state index contributed by atoms with van der Waals surface area (Å²) in [5.41, 5.74) is -0.502. The number of rotatable bonds is 2. The molecular formula is C13H8F3NO3S. The standard InChI is InChI=1S/C13H8F3NO3S/c14-13(15,16)10-9(12(18)19)21-11(17-10)8-5-6-3-1-2-4-7(6)20-8/h1-4,8H,5H2,(H,18,19). The SMILES string of the molecule is O=C(O)c1sc(C2Cc3ccccc3O2)nc1C(F)(F)F. The molecule has 0 amide bonds. The molecule has 1 aromatic heterocycles. The van der Waals surface area contributed by atoms with Crippen molar-refractivity contribution in [3.8, 4) is 5.75 Å². The van der Waals surface area contributed by atoms with Crippen LogP contribution in [0, 0.1) is 0 Å². The zero-order valence-corrected chi connectivity index (χ0v) is 11.2. The second-order valence-corrected chi connectivity index (χ2v) is 5.48. The van der Waals surface area contributed by atoms with Crippen LogP contribution < -0.4 is 4.74 Å². The molecule has 4 nitrogen and oxygen atoms in total. The Bertz CT molecular complexity index is 686. The van der Waals surface area contributed by atoms with Crippen molar-refractivity contribution in [2.45, 2.75) is 18.7 Å². The van der Waals surface area contributed by atoms with Crippen molar-refractivity contribution in [3.05, 3.63) is 45.4 Å². The van der Waals surface area contributed by atoms with E-state index in [1.165, 1.54) is 0 Å². The number of benzene rings is 1. The summed E-state index contributed by atoms with van der Waals surface area (Å²) in [6, 6.07) is 7.08. The molecule has 1 unspecified atom stereocenters. The minimum atomic E-state index is -4.80. The lowest BCUT2D eigenvalue weighted by molar-refractivity contribution is -0.141. The van der Waals surface area contributed by atoms with Gasteiger partial charge in [0.2, 0.25) is 0 Å². The molecule has 0 saturated carbocycles. The van der Waals surface area contributed by atoms with Crippen LogP contribution in [0.1, 0.15) is 32.0 Å². The normalized spacial score (nSPS) is 17.4. The predicted molar refractivity (Wildman–Crippen MR) is 67.6 cm³/mol. The van der Waals surface area contributed by atoms with Crippen LogP contribution >= 0.6 is 11.3 Å². The molecule has 0 fully saturated rings. The monoisotopic (exact) mass is 315 g/mol. The van der Waals surface area contributed by atoms with Crippen LogP contribution in [0.4, 0.5) is 13.2 Å². The Labute approximate surface area is 120 Å². The number of thiazole rings is 1. The zero-order chi connectivity index (χ0) is 15.2. The van der Waals surface area contributed by atoms with E-state index in [0.29, 0.717) is 23.5 Å². The van der Waals surface area contributed by atoms with E-state index in [0.717, 1.165) is 5.56 Å². The molecule has 1 N–H and O–H groups in total. The van der Waals surface area contributed by atoms with Gasteiger partial charge in [0, 0.05) is 6.42 Å². The van der Waals surface area contributed by atoms with E-state index >= 15 is 0 Å². The van der Waals surface area contributed by atoms with E-state index < -0.39 is 28.8 Å². The Morgan fingerprint density at radius 2 is 2.10 bits per heavy atom. The predicted octanol–water partition coefficient (Wildman–Crippen LogP) is 3.54. The number of ether oxygens (including phenoxy) is 1. The smallest absolute Gasteiger partial charge is 0.435 e. The average molecular weight is 315 g/mol. The summed E-state index contributed by atoms with van der Waals surface area (Å²) in [5, 5.41) is 8.91. The van der Waals surface area contributed by atoms with E-state index in [2.05, 4.69) is 4.98 Å².